The Morgan fingerprint density at radius 3 is 2.25 bits per heavy atom. The number of carbonyl (C=O) groups is 1. The summed E-state index contributed by atoms with van der Waals surface area (Å²) in [4.78, 5) is 11.2. The quantitative estimate of drug-likeness (QED) is 0.511. The van der Waals surface area contributed by atoms with Gasteiger partial charge in [-0.15, -0.1) is 0 Å². The molecular weight excluding hydrogens is 266 g/mol. The van der Waals surface area contributed by atoms with E-state index in [1.807, 2.05) is 5.43 Å². The summed E-state index contributed by atoms with van der Waals surface area (Å²) in [5, 5.41) is 0. The fourth-order valence-corrected chi connectivity index (χ4v) is 1.61. The highest BCUT2D eigenvalue weighted by atomic mass is 19.1. The molecule has 20 heavy (non-hydrogen) atoms. The van der Waals surface area contributed by atoms with E-state index in [0.717, 1.165) is 23.8 Å². The number of ether oxygens (including phenoxy) is 1. The van der Waals surface area contributed by atoms with Crippen molar-refractivity contribution in [2.45, 2.75) is 6.61 Å². The van der Waals surface area contributed by atoms with E-state index in [-0.39, 0.29) is 12.4 Å². The van der Waals surface area contributed by atoms with E-state index >= 15 is 0 Å². The van der Waals surface area contributed by atoms with Gasteiger partial charge < -0.3 is 4.74 Å². The molecule has 0 aliphatic rings. The van der Waals surface area contributed by atoms with E-state index in [9.17, 15) is 13.6 Å². The zero-order chi connectivity index (χ0) is 14.5. The van der Waals surface area contributed by atoms with Crippen LogP contribution in [-0.2, 0) is 6.61 Å². The lowest BCUT2D eigenvalue weighted by Gasteiger charge is -2.07. The minimum absolute atomic E-state index is 0.103. The van der Waals surface area contributed by atoms with Crippen LogP contribution in [0.25, 0.3) is 0 Å². The van der Waals surface area contributed by atoms with E-state index in [0.29, 0.717) is 5.56 Å². The van der Waals surface area contributed by atoms with Crippen molar-refractivity contribution in [1.82, 2.24) is 5.43 Å². The SMILES string of the molecule is NNC(=O)c1ccc(COc2cc(F)cc(F)c2)cc1. The van der Waals surface area contributed by atoms with Gasteiger partial charge in [-0.25, -0.2) is 14.6 Å². The maximum Gasteiger partial charge on any atom is 0.265 e. The molecule has 6 heteroatoms. The molecule has 0 unspecified atom stereocenters. The molecule has 0 aliphatic heterocycles. The Kier molecular flexibility index (Phi) is 4.27. The van der Waals surface area contributed by atoms with Gasteiger partial charge in [0.1, 0.15) is 24.0 Å². The second-order valence-corrected chi connectivity index (χ2v) is 4.06. The van der Waals surface area contributed by atoms with Crippen LogP contribution in [-0.4, -0.2) is 5.91 Å². The standard InChI is InChI=1S/C14H12F2N2O2/c15-11-5-12(16)7-13(6-11)20-8-9-1-3-10(4-2-9)14(19)18-17/h1-7H,8,17H2,(H,18,19). The first-order valence-corrected chi connectivity index (χ1v) is 5.77. The van der Waals surface area contributed by atoms with E-state index < -0.39 is 17.5 Å². The second kappa shape index (κ2) is 6.12. The minimum Gasteiger partial charge on any atom is -0.489 e. The average molecular weight is 278 g/mol. The van der Waals surface area contributed by atoms with Crippen LogP contribution in [0, 0.1) is 11.6 Å². The summed E-state index contributed by atoms with van der Waals surface area (Å²) in [5.41, 5.74) is 3.18. The molecule has 4 nitrogen and oxygen atoms in total. The van der Waals surface area contributed by atoms with E-state index in [2.05, 4.69) is 0 Å². The van der Waals surface area contributed by atoms with Crippen molar-refractivity contribution >= 4 is 5.91 Å². The van der Waals surface area contributed by atoms with Gasteiger partial charge in [-0.3, -0.25) is 10.2 Å². The van der Waals surface area contributed by atoms with E-state index in [1.54, 1.807) is 24.3 Å². The summed E-state index contributed by atoms with van der Waals surface area (Å²) < 4.78 is 31.2. The third kappa shape index (κ3) is 3.52. The van der Waals surface area contributed by atoms with Gasteiger partial charge in [-0.05, 0) is 17.7 Å². The third-order valence-electron chi connectivity index (χ3n) is 2.59. The summed E-state index contributed by atoms with van der Waals surface area (Å²) in [7, 11) is 0. The maximum atomic E-state index is 13.0. The van der Waals surface area contributed by atoms with Gasteiger partial charge in [-0.1, -0.05) is 12.1 Å². The first-order chi connectivity index (χ1) is 9.58. The molecule has 0 fully saturated rings. The van der Waals surface area contributed by atoms with Gasteiger partial charge >= 0.3 is 0 Å². The van der Waals surface area contributed by atoms with E-state index in [4.69, 9.17) is 10.6 Å². The molecule has 0 aromatic heterocycles. The monoisotopic (exact) mass is 278 g/mol. The lowest BCUT2D eigenvalue weighted by molar-refractivity contribution is 0.0953. The lowest BCUT2D eigenvalue weighted by Crippen LogP contribution is -2.29. The predicted molar refractivity (Wildman–Crippen MR) is 68.8 cm³/mol. The van der Waals surface area contributed by atoms with E-state index in [1.165, 1.54) is 0 Å². The molecule has 2 aromatic rings. The molecular formula is C14H12F2N2O2. The van der Waals surface area contributed by atoms with Crippen molar-refractivity contribution in [1.29, 1.82) is 0 Å². The summed E-state index contributed by atoms with van der Waals surface area (Å²) in [6, 6.07) is 9.45. The van der Waals surface area contributed by atoms with Crippen molar-refractivity contribution in [3.63, 3.8) is 0 Å². The zero-order valence-electron chi connectivity index (χ0n) is 10.4. The fourth-order valence-electron chi connectivity index (χ4n) is 1.61. The molecule has 0 radical (unpaired) electrons. The number of rotatable bonds is 4. The number of hydrogen-bond acceptors (Lipinski definition) is 3. The van der Waals surface area contributed by atoms with Crippen LogP contribution in [0.1, 0.15) is 15.9 Å². The van der Waals surface area contributed by atoms with Gasteiger partial charge in [0, 0.05) is 23.8 Å². The second-order valence-electron chi connectivity index (χ2n) is 4.06. The van der Waals surface area contributed by atoms with Crippen LogP contribution in [0.15, 0.2) is 42.5 Å². The molecule has 0 bridgehead atoms. The largest absolute Gasteiger partial charge is 0.489 e. The fraction of sp³-hybridized carbons (Fsp3) is 0.0714. The number of nitrogens with two attached hydrogens (primary N) is 1. The molecule has 0 spiro atoms. The Morgan fingerprint density at radius 1 is 1.10 bits per heavy atom. The van der Waals surface area contributed by atoms with Crippen LogP contribution in [0.4, 0.5) is 8.78 Å². The molecule has 0 aliphatic carbocycles. The Hall–Kier alpha value is -2.47. The smallest absolute Gasteiger partial charge is 0.265 e. The Bertz CT molecular complexity index is 595. The van der Waals surface area contributed by atoms with Gasteiger partial charge in [0.25, 0.3) is 5.91 Å². The number of amides is 1. The van der Waals surface area contributed by atoms with Crippen LogP contribution in [0.5, 0.6) is 5.75 Å². The van der Waals surface area contributed by atoms with Crippen molar-refractivity contribution < 1.29 is 18.3 Å². The first kappa shape index (κ1) is 14.0. The van der Waals surface area contributed by atoms with Crippen LogP contribution >= 0.6 is 0 Å². The van der Waals surface area contributed by atoms with Gasteiger partial charge in [0.2, 0.25) is 0 Å². The molecule has 1 amide bonds. The number of nitrogens with one attached hydrogen (secondary N) is 1. The van der Waals surface area contributed by atoms with Crippen molar-refractivity contribution in [2.75, 3.05) is 0 Å². The van der Waals surface area contributed by atoms with Crippen molar-refractivity contribution in [3.8, 4) is 5.75 Å². The summed E-state index contributed by atoms with van der Waals surface area (Å²) in [6.07, 6.45) is 0. The number of halogens is 2. The maximum absolute atomic E-state index is 13.0. The Labute approximate surface area is 114 Å². The molecule has 0 saturated heterocycles. The summed E-state index contributed by atoms with van der Waals surface area (Å²) >= 11 is 0. The number of hydrogen-bond donors (Lipinski definition) is 2. The molecule has 2 rings (SSSR count). The topological polar surface area (TPSA) is 64.3 Å². The number of benzene rings is 2. The highest BCUT2D eigenvalue weighted by Crippen LogP contribution is 2.17. The zero-order valence-corrected chi connectivity index (χ0v) is 10.4. The number of nitrogen functional groups attached to an aromatic ring is 1. The normalized spacial score (nSPS) is 10.2. The minimum atomic E-state index is -0.699. The predicted octanol–water partition coefficient (Wildman–Crippen LogP) is 2.15. The Balaban J connectivity index is 2.02. The molecule has 0 heterocycles. The van der Waals surface area contributed by atoms with Gasteiger partial charge in [0.15, 0.2) is 0 Å². The van der Waals surface area contributed by atoms with Gasteiger partial charge in [0.05, 0.1) is 0 Å². The number of hydrazine groups is 1. The average Bonchev–Trinajstić information content (AvgIpc) is 2.44. The summed E-state index contributed by atoms with van der Waals surface area (Å²) in [6.45, 7) is 0.132. The lowest BCUT2D eigenvalue weighted by atomic mass is 10.1. The highest BCUT2D eigenvalue weighted by Gasteiger charge is 2.04. The first-order valence-electron chi connectivity index (χ1n) is 5.77. The highest BCUT2D eigenvalue weighted by molar-refractivity contribution is 5.93. The molecule has 0 saturated carbocycles. The molecule has 2 aromatic carbocycles. The number of carbonyl (C=O) groups excluding carboxylic acids is 1. The molecule has 0 atom stereocenters. The molecule has 104 valence electrons. The van der Waals surface area contributed by atoms with Crippen LogP contribution < -0.4 is 16.0 Å². The van der Waals surface area contributed by atoms with Crippen LogP contribution in [0.2, 0.25) is 0 Å². The van der Waals surface area contributed by atoms with Gasteiger partial charge in [-0.2, -0.15) is 0 Å². The molecule has 3 N–H and O–H groups in total. The van der Waals surface area contributed by atoms with Crippen LogP contribution in [0.3, 0.4) is 0 Å². The van der Waals surface area contributed by atoms with Crippen molar-refractivity contribution in [2.24, 2.45) is 5.84 Å². The van der Waals surface area contributed by atoms with Crippen molar-refractivity contribution in [3.05, 3.63) is 65.2 Å². The Morgan fingerprint density at radius 2 is 1.70 bits per heavy atom. The summed E-state index contributed by atoms with van der Waals surface area (Å²) in [5.74, 6) is 3.32. The third-order valence-corrected chi connectivity index (χ3v) is 2.59.